The molecule has 0 spiro atoms. The maximum absolute atomic E-state index is 13.5. The van der Waals surface area contributed by atoms with Crippen molar-refractivity contribution < 1.29 is 9.59 Å². The summed E-state index contributed by atoms with van der Waals surface area (Å²) < 4.78 is 0. The number of hydrogen-bond acceptors (Lipinski definition) is 3. The van der Waals surface area contributed by atoms with E-state index in [0.29, 0.717) is 25.0 Å². The van der Waals surface area contributed by atoms with Crippen molar-refractivity contribution >= 4 is 11.6 Å². The molecular weight excluding hydrogens is 394 g/mol. The van der Waals surface area contributed by atoms with Gasteiger partial charge in [0.05, 0.1) is 6.04 Å². The van der Waals surface area contributed by atoms with Gasteiger partial charge in [-0.15, -0.1) is 0 Å². The molecule has 0 aliphatic carbocycles. The Balaban J connectivity index is 1.85. The lowest BCUT2D eigenvalue weighted by Crippen LogP contribution is -2.31. The molecule has 1 fully saturated rings. The summed E-state index contributed by atoms with van der Waals surface area (Å²) in [5, 5.41) is 0. The number of Topliss-reactive ketones (excluding diaryl/α,β-unsaturated/α-hetero) is 2. The van der Waals surface area contributed by atoms with E-state index in [0.717, 1.165) is 12.8 Å². The number of likely N-dealkylation sites (N-methyl/N-ethyl adjacent to an activating group) is 1. The van der Waals surface area contributed by atoms with E-state index >= 15 is 0 Å². The minimum absolute atomic E-state index is 0.0523. The quantitative estimate of drug-likeness (QED) is 0.495. The molecule has 1 heterocycles. The van der Waals surface area contributed by atoms with Gasteiger partial charge in [-0.1, -0.05) is 81.8 Å². The molecule has 3 atom stereocenters. The smallest absolute Gasteiger partial charge is 0.154 e. The first-order valence-corrected chi connectivity index (χ1v) is 12.0. The lowest BCUT2D eigenvalue weighted by Gasteiger charge is -2.28. The van der Waals surface area contributed by atoms with Gasteiger partial charge < -0.3 is 0 Å². The van der Waals surface area contributed by atoms with Crippen molar-refractivity contribution in [3.63, 3.8) is 0 Å². The number of likely N-dealkylation sites (tertiary alicyclic amines) is 1. The molecule has 0 aromatic heterocycles. The van der Waals surface area contributed by atoms with Crippen LogP contribution in [0.4, 0.5) is 0 Å². The zero-order valence-electron chi connectivity index (χ0n) is 20.7. The standard InChI is InChI=1S/C29H39NO2/c1-7-24(31)17-19-26-28(32)25(18-12-21-10-8-20(2)9-11-21)27(30(26)6)22-13-15-23(16-14-22)29(3,4)5/h8-11,13-16,25-27H,7,12,17-19H2,1-6H3/t25?,26-,27+/m0/s1. The number of carbonyl (C=O) groups excluding carboxylic acids is 2. The summed E-state index contributed by atoms with van der Waals surface area (Å²) in [6, 6.07) is 17.3. The molecule has 172 valence electrons. The molecule has 32 heavy (non-hydrogen) atoms. The summed E-state index contributed by atoms with van der Waals surface area (Å²) in [7, 11) is 2.06. The Kier molecular flexibility index (Phi) is 7.71. The Morgan fingerprint density at radius 1 is 0.969 bits per heavy atom. The van der Waals surface area contributed by atoms with E-state index < -0.39 is 0 Å². The third kappa shape index (κ3) is 5.56. The number of hydrogen-bond donors (Lipinski definition) is 0. The Morgan fingerprint density at radius 2 is 1.59 bits per heavy atom. The van der Waals surface area contributed by atoms with Crippen LogP contribution in [0.2, 0.25) is 0 Å². The fourth-order valence-electron chi connectivity index (χ4n) is 4.93. The van der Waals surface area contributed by atoms with Crippen molar-refractivity contribution in [2.24, 2.45) is 5.92 Å². The highest BCUT2D eigenvalue weighted by atomic mass is 16.1. The maximum atomic E-state index is 13.5. The second-order valence-corrected chi connectivity index (χ2v) is 10.5. The molecule has 3 heteroatoms. The second kappa shape index (κ2) is 10.1. The number of ketones is 2. The van der Waals surface area contributed by atoms with E-state index in [4.69, 9.17) is 0 Å². The topological polar surface area (TPSA) is 37.4 Å². The molecule has 1 saturated heterocycles. The maximum Gasteiger partial charge on any atom is 0.154 e. The molecule has 0 N–H and O–H groups in total. The van der Waals surface area contributed by atoms with Gasteiger partial charge in [0.1, 0.15) is 5.78 Å². The molecule has 1 unspecified atom stereocenters. The van der Waals surface area contributed by atoms with Crippen molar-refractivity contribution in [1.82, 2.24) is 4.90 Å². The van der Waals surface area contributed by atoms with E-state index in [1.165, 1.54) is 22.3 Å². The predicted octanol–water partition coefficient (Wildman–Crippen LogP) is 6.23. The van der Waals surface area contributed by atoms with Crippen LogP contribution in [0.15, 0.2) is 48.5 Å². The zero-order chi connectivity index (χ0) is 23.5. The summed E-state index contributed by atoms with van der Waals surface area (Å²) in [5.74, 6) is 0.484. The van der Waals surface area contributed by atoms with E-state index in [-0.39, 0.29) is 29.2 Å². The highest BCUT2D eigenvalue weighted by Crippen LogP contribution is 2.42. The first-order valence-electron chi connectivity index (χ1n) is 12.0. The van der Waals surface area contributed by atoms with Crippen LogP contribution >= 0.6 is 0 Å². The van der Waals surface area contributed by atoms with Crippen molar-refractivity contribution in [3.05, 3.63) is 70.8 Å². The Bertz CT molecular complexity index is 921. The predicted molar refractivity (Wildman–Crippen MR) is 132 cm³/mol. The van der Waals surface area contributed by atoms with Crippen molar-refractivity contribution in [2.45, 2.75) is 84.2 Å². The van der Waals surface area contributed by atoms with Gasteiger partial charge in [-0.25, -0.2) is 0 Å². The number of rotatable bonds is 8. The highest BCUT2D eigenvalue weighted by molar-refractivity contribution is 5.90. The summed E-state index contributed by atoms with van der Waals surface area (Å²) in [6.07, 6.45) is 3.37. The molecule has 0 bridgehead atoms. The van der Waals surface area contributed by atoms with Gasteiger partial charge in [-0.2, -0.15) is 0 Å². The van der Waals surface area contributed by atoms with Gasteiger partial charge in [0.2, 0.25) is 0 Å². The zero-order valence-corrected chi connectivity index (χ0v) is 20.7. The molecule has 0 radical (unpaired) electrons. The van der Waals surface area contributed by atoms with Gasteiger partial charge in [-0.05, 0) is 55.3 Å². The van der Waals surface area contributed by atoms with E-state index in [1.807, 2.05) is 6.92 Å². The average molecular weight is 434 g/mol. The van der Waals surface area contributed by atoms with Crippen LogP contribution in [-0.2, 0) is 21.4 Å². The van der Waals surface area contributed by atoms with Gasteiger partial charge >= 0.3 is 0 Å². The normalized spacial score (nSPS) is 21.8. The van der Waals surface area contributed by atoms with Gasteiger partial charge in [0, 0.05) is 24.8 Å². The Labute approximate surface area is 194 Å². The third-order valence-electron chi connectivity index (χ3n) is 7.08. The monoisotopic (exact) mass is 433 g/mol. The first-order chi connectivity index (χ1) is 15.1. The van der Waals surface area contributed by atoms with Crippen LogP contribution in [0.3, 0.4) is 0 Å². The molecule has 3 rings (SSSR count). The number of aryl methyl sites for hydroxylation is 2. The SMILES string of the molecule is CCC(=O)CC[C@H]1C(=O)C(CCc2ccc(C)cc2)[C@@H](c2ccc(C(C)(C)C)cc2)N1C. The van der Waals surface area contributed by atoms with Crippen LogP contribution in [0.1, 0.15) is 81.7 Å². The summed E-state index contributed by atoms with van der Waals surface area (Å²) in [4.78, 5) is 27.7. The molecule has 1 aliphatic rings. The number of benzene rings is 2. The van der Waals surface area contributed by atoms with Crippen LogP contribution < -0.4 is 0 Å². The van der Waals surface area contributed by atoms with Crippen molar-refractivity contribution in [3.8, 4) is 0 Å². The fourth-order valence-corrected chi connectivity index (χ4v) is 4.93. The van der Waals surface area contributed by atoms with Gasteiger partial charge in [-0.3, -0.25) is 14.5 Å². The van der Waals surface area contributed by atoms with E-state index in [2.05, 4.69) is 88.2 Å². The van der Waals surface area contributed by atoms with Crippen LogP contribution in [0.25, 0.3) is 0 Å². The summed E-state index contributed by atoms with van der Waals surface area (Å²) in [5.41, 5.74) is 5.13. The van der Waals surface area contributed by atoms with Crippen LogP contribution in [-0.4, -0.2) is 29.6 Å². The molecule has 0 saturated carbocycles. The molecule has 1 aliphatic heterocycles. The highest BCUT2D eigenvalue weighted by Gasteiger charge is 2.46. The minimum atomic E-state index is -0.180. The molecular formula is C29H39NO2. The minimum Gasteiger partial charge on any atom is -0.300 e. The molecule has 2 aromatic carbocycles. The molecule has 0 amide bonds. The first kappa shape index (κ1) is 24.4. The number of carbonyl (C=O) groups is 2. The van der Waals surface area contributed by atoms with Crippen LogP contribution in [0.5, 0.6) is 0 Å². The average Bonchev–Trinajstić information content (AvgIpc) is 3.00. The Morgan fingerprint density at radius 3 is 2.16 bits per heavy atom. The number of nitrogens with zero attached hydrogens (tertiary/aromatic N) is 1. The lowest BCUT2D eigenvalue weighted by atomic mass is 9.83. The molecule has 2 aromatic rings. The van der Waals surface area contributed by atoms with Crippen molar-refractivity contribution in [2.75, 3.05) is 7.05 Å². The van der Waals surface area contributed by atoms with Crippen molar-refractivity contribution in [1.29, 1.82) is 0 Å². The molecule has 3 nitrogen and oxygen atoms in total. The van der Waals surface area contributed by atoms with Gasteiger partial charge in [0.15, 0.2) is 5.78 Å². The van der Waals surface area contributed by atoms with Crippen LogP contribution in [0, 0.1) is 12.8 Å². The third-order valence-corrected chi connectivity index (χ3v) is 7.08. The van der Waals surface area contributed by atoms with E-state index in [9.17, 15) is 9.59 Å². The van der Waals surface area contributed by atoms with E-state index in [1.54, 1.807) is 0 Å². The fraction of sp³-hybridized carbons (Fsp3) is 0.517. The largest absolute Gasteiger partial charge is 0.300 e. The summed E-state index contributed by atoms with van der Waals surface area (Å²) >= 11 is 0. The second-order valence-electron chi connectivity index (χ2n) is 10.5. The Hall–Kier alpha value is -2.26. The lowest BCUT2D eigenvalue weighted by molar-refractivity contribution is -0.123. The van der Waals surface area contributed by atoms with Gasteiger partial charge in [0.25, 0.3) is 0 Å². The summed E-state index contributed by atoms with van der Waals surface area (Å²) in [6.45, 7) is 10.7.